The molecule has 2 aromatic rings. The monoisotopic (exact) mass is 374 g/mol. The van der Waals surface area contributed by atoms with Gasteiger partial charge in [0.2, 0.25) is 0 Å². The van der Waals surface area contributed by atoms with E-state index >= 15 is 0 Å². The fourth-order valence-corrected chi connectivity index (χ4v) is 9.25. The van der Waals surface area contributed by atoms with Crippen LogP contribution in [0, 0.1) is 0 Å². The summed E-state index contributed by atoms with van der Waals surface area (Å²) < 4.78 is 13.7. The van der Waals surface area contributed by atoms with Crippen LogP contribution in [0.3, 0.4) is 0 Å². The highest BCUT2D eigenvalue weighted by molar-refractivity contribution is 6.78. The Hall–Kier alpha value is -2.08. The van der Waals surface area contributed by atoms with Crippen LogP contribution in [0.15, 0.2) is 36.9 Å². The quantitative estimate of drug-likeness (QED) is 0.493. The Morgan fingerprint density at radius 2 is 1.69 bits per heavy atom. The summed E-state index contributed by atoms with van der Waals surface area (Å²) in [6.07, 6.45) is 5.35. The average molecular weight is 375 g/mol. The van der Waals surface area contributed by atoms with Crippen molar-refractivity contribution in [2.75, 3.05) is 7.11 Å². The van der Waals surface area contributed by atoms with E-state index in [1.54, 1.807) is 24.7 Å². The van der Waals surface area contributed by atoms with Gasteiger partial charge in [0, 0.05) is 12.4 Å². The number of ether oxygens (including phenoxy) is 1. The van der Waals surface area contributed by atoms with E-state index in [1.807, 2.05) is 16.8 Å². The van der Waals surface area contributed by atoms with E-state index in [9.17, 15) is 4.79 Å². The molecular formula is C20H30N2O3Si. The van der Waals surface area contributed by atoms with Gasteiger partial charge < -0.3 is 13.7 Å². The molecule has 0 spiro atoms. The molecule has 1 aromatic heterocycles. The van der Waals surface area contributed by atoms with Crippen molar-refractivity contribution in [3.63, 3.8) is 0 Å². The summed E-state index contributed by atoms with van der Waals surface area (Å²) in [5, 5.41) is 0. The van der Waals surface area contributed by atoms with Gasteiger partial charge in [0.15, 0.2) is 0 Å². The van der Waals surface area contributed by atoms with Gasteiger partial charge in [-0.15, -0.1) is 0 Å². The predicted molar refractivity (Wildman–Crippen MR) is 107 cm³/mol. The van der Waals surface area contributed by atoms with Crippen molar-refractivity contribution in [1.29, 1.82) is 0 Å². The summed E-state index contributed by atoms with van der Waals surface area (Å²) >= 11 is 0. The summed E-state index contributed by atoms with van der Waals surface area (Å²) in [5.74, 6) is 0.353. The molecule has 0 atom stereocenters. The Morgan fingerprint density at radius 3 is 2.15 bits per heavy atom. The largest absolute Gasteiger partial charge is 0.541 e. The van der Waals surface area contributed by atoms with E-state index < -0.39 is 8.32 Å². The zero-order valence-electron chi connectivity index (χ0n) is 16.8. The minimum Gasteiger partial charge on any atom is -0.541 e. The van der Waals surface area contributed by atoms with Crippen molar-refractivity contribution >= 4 is 14.3 Å². The van der Waals surface area contributed by atoms with Crippen molar-refractivity contribution in [1.82, 2.24) is 9.55 Å². The lowest BCUT2D eigenvalue weighted by atomic mass is 10.2. The van der Waals surface area contributed by atoms with Crippen molar-refractivity contribution in [2.24, 2.45) is 0 Å². The smallest absolute Gasteiger partial charge is 0.337 e. The Morgan fingerprint density at radius 1 is 1.08 bits per heavy atom. The highest BCUT2D eigenvalue weighted by atomic mass is 28.4. The van der Waals surface area contributed by atoms with Crippen molar-refractivity contribution in [3.8, 4) is 11.4 Å². The van der Waals surface area contributed by atoms with Crippen LogP contribution in [-0.4, -0.2) is 30.9 Å². The lowest BCUT2D eigenvalue weighted by Crippen LogP contribution is -2.50. The molecule has 2 rings (SSSR count). The molecule has 0 aliphatic rings. The van der Waals surface area contributed by atoms with Gasteiger partial charge in [0.25, 0.3) is 8.32 Å². The number of carbonyl (C=O) groups excluding carboxylic acids is 1. The van der Waals surface area contributed by atoms with E-state index in [0.717, 1.165) is 5.69 Å². The second-order valence-electron chi connectivity index (χ2n) is 7.56. The number of nitrogens with zero attached hydrogens (tertiary/aromatic N) is 2. The number of hydrogen-bond donors (Lipinski definition) is 0. The van der Waals surface area contributed by atoms with Gasteiger partial charge in [-0.3, -0.25) is 0 Å². The second kappa shape index (κ2) is 8.08. The Labute approximate surface area is 157 Å². The molecule has 5 nitrogen and oxygen atoms in total. The summed E-state index contributed by atoms with van der Waals surface area (Å²) in [4.78, 5) is 16.2. The SMILES string of the molecule is COC(=O)c1ccc(-n2ccnc2)c(O[Si](C(C)C)(C(C)C)C(C)C)c1. The molecule has 0 bridgehead atoms. The molecule has 0 N–H and O–H groups in total. The molecule has 0 saturated heterocycles. The first-order valence-electron chi connectivity index (χ1n) is 9.13. The molecule has 1 aromatic carbocycles. The predicted octanol–water partition coefficient (Wildman–Crippen LogP) is 5.21. The van der Waals surface area contributed by atoms with Gasteiger partial charge in [0.05, 0.1) is 24.7 Å². The number of hydrogen-bond acceptors (Lipinski definition) is 4. The zero-order valence-corrected chi connectivity index (χ0v) is 17.8. The van der Waals surface area contributed by atoms with Gasteiger partial charge in [-0.05, 0) is 34.8 Å². The number of aromatic nitrogens is 2. The Balaban J connectivity index is 2.62. The molecule has 0 radical (unpaired) electrons. The molecule has 0 fully saturated rings. The van der Waals surface area contributed by atoms with E-state index in [2.05, 4.69) is 46.5 Å². The first kappa shape index (κ1) is 20.2. The number of esters is 1. The molecule has 0 aliphatic carbocycles. The fourth-order valence-electron chi connectivity index (χ4n) is 4.00. The second-order valence-corrected chi connectivity index (χ2v) is 12.9. The number of rotatable bonds is 7. The Kier molecular flexibility index (Phi) is 6.29. The molecule has 142 valence electrons. The van der Waals surface area contributed by atoms with E-state index in [4.69, 9.17) is 9.16 Å². The molecule has 0 aliphatic heterocycles. The number of benzene rings is 1. The lowest BCUT2D eigenvalue weighted by Gasteiger charge is -2.42. The third-order valence-electron chi connectivity index (χ3n) is 5.16. The fraction of sp³-hybridized carbons (Fsp3) is 0.500. The lowest BCUT2D eigenvalue weighted by molar-refractivity contribution is 0.0600. The van der Waals surface area contributed by atoms with Crippen LogP contribution in [0.2, 0.25) is 16.6 Å². The molecule has 0 amide bonds. The van der Waals surface area contributed by atoms with Crippen LogP contribution in [0.4, 0.5) is 0 Å². The summed E-state index contributed by atoms with van der Waals surface area (Å²) in [5.41, 5.74) is 2.67. The van der Waals surface area contributed by atoms with Crippen LogP contribution < -0.4 is 4.43 Å². The zero-order chi connectivity index (χ0) is 19.5. The van der Waals surface area contributed by atoms with Gasteiger partial charge in [-0.1, -0.05) is 41.5 Å². The van der Waals surface area contributed by atoms with Crippen LogP contribution in [-0.2, 0) is 4.74 Å². The topological polar surface area (TPSA) is 53.4 Å². The Bertz CT molecular complexity index is 718. The van der Waals surface area contributed by atoms with Crippen molar-refractivity contribution < 1.29 is 14.0 Å². The first-order valence-corrected chi connectivity index (χ1v) is 11.3. The number of methoxy groups -OCH3 is 1. The average Bonchev–Trinajstić information content (AvgIpc) is 3.12. The molecule has 6 heteroatoms. The maximum Gasteiger partial charge on any atom is 0.337 e. The summed E-state index contributed by atoms with van der Waals surface area (Å²) in [7, 11) is -0.775. The maximum atomic E-state index is 12.0. The standard InChI is InChI=1S/C20H30N2O3Si/c1-14(2)26(15(3)4,16(5)6)25-19-12-17(20(23)24-7)8-9-18(19)22-11-10-21-13-22/h8-16H,1-7H3. The number of carbonyl (C=O) groups is 1. The van der Waals surface area contributed by atoms with Crippen LogP contribution in [0.25, 0.3) is 5.69 Å². The third-order valence-corrected chi connectivity index (χ3v) is 11.1. The van der Waals surface area contributed by atoms with E-state index in [-0.39, 0.29) is 5.97 Å². The summed E-state index contributed by atoms with van der Waals surface area (Å²) in [6.45, 7) is 13.5. The third kappa shape index (κ3) is 3.70. The minimum atomic E-state index is -2.17. The molecule has 26 heavy (non-hydrogen) atoms. The van der Waals surface area contributed by atoms with Crippen molar-refractivity contribution in [3.05, 3.63) is 42.5 Å². The molecule has 0 unspecified atom stereocenters. The maximum absolute atomic E-state index is 12.0. The highest BCUT2D eigenvalue weighted by Gasteiger charge is 2.47. The van der Waals surface area contributed by atoms with Gasteiger partial charge in [0.1, 0.15) is 5.75 Å². The van der Waals surface area contributed by atoms with Gasteiger partial charge in [-0.25, -0.2) is 9.78 Å². The van der Waals surface area contributed by atoms with Gasteiger partial charge in [-0.2, -0.15) is 0 Å². The minimum absolute atomic E-state index is 0.363. The molecule has 0 saturated carbocycles. The highest BCUT2D eigenvalue weighted by Crippen LogP contribution is 2.44. The van der Waals surface area contributed by atoms with Gasteiger partial charge >= 0.3 is 5.97 Å². The molecule has 1 heterocycles. The molecular weight excluding hydrogens is 344 g/mol. The van der Waals surface area contributed by atoms with E-state index in [1.165, 1.54) is 7.11 Å². The summed E-state index contributed by atoms with van der Waals surface area (Å²) in [6, 6.07) is 5.46. The van der Waals surface area contributed by atoms with Crippen LogP contribution in [0.5, 0.6) is 5.75 Å². The normalized spacial score (nSPS) is 12.1. The van der Waals surface area contributed by atoms with Crippen LogP contribution >= 0.6 is 0 Å². The van der Waals surface area contributed by atoms with Crippen molar-refractivity contribution in [2.45, 2.75) is 58.2 Å². The van der Waals surface area contributed by atoms with Crippen LogP contribution in [0.1, 0.15) is 51.9 Å². The van der Waals surface area contributed by atoms with E-state index in [0.29, 0.717) is 27.9 Å². The number of imidazole rings is 1. The first-order chi connectivity index (χ1) is 12.2.